The predicted octanol–water partition coefficient (Wildman–Crippen LogP) is 3.34. The fourth-order valence-corrected chi connectivity index (χ4v) is 5.50. The van der Waals surface area contributed by atoms with Gasteiger partial charge >= 0.3 is 96.9 Å². The molecule has 0 aromatic rings. The standard InChI is InChI=1S/C12H27GeN/c1-8-13-14-12(9(2)3,10(4)5)11(6)7/h9-11,14H,8H2,1-7H3. The fraction of sp³-hybridized carbons (Fsp3) is 1.00. The van der Waals surface area contributed by atoms with Gasteiger partial charge in [-0.3, -0.25) is 0 Å². The zero-order valence-corrected chi connectivity index (χ0v) is 13.0. The number of hydrogen-bond acceptors (Lipinski definition) is 1. The van der Waals surface area contributed by atoms with Crippen LogP contribution in [0.25, 0.3) is 0 Å². The van der Waals surface area contributed by atoms with Crippen molar-refractivity contribution in [1.82, 2.24) is 4.27 Å². The molecule has 0 amide bonds. The molecular formula is C12H27GeN. The molecule has 14 heavy (non-hydrogen) atoms. The van der Waals surface area contributed by atoms with Crippen LogP contribution in [-0.4, -0.2) is 21.2 Å². The fourth-order valence-electron chi connectivity index (χ4n) is 2.67. The van der Waals surface area contributed by atoms with Gasteiger partial charge in [-0.05, 0) is 0 Å². The summed E-state index contributed by atoms with van der Waals surface area (Å²) in [5.74, 6) is 2.16. The first-order valence-corrected chi connectivity index (χ1v) is 8.42. The van der Waals surface area contributed by atoms with Gasteiger partial charge in [-0.1, -0.05) is 0 Å². The van der Waals surface area contributed by atoms with E-state index in [9.17, 15) is 0 Å². The number of hydrogen-bond donors (Lipinski definition) is 1. The average molecular weight is 258 g/mol. The van der Waals surface area contributed by atoms with E-state index in [2.05, 4.69) is 52.7 Å². The summed E-state index contributed by atoms with van der Waals surface area (Å²) in [7, 11) is 0. The van der Waals surface area contributed by atoms with Crippen LogP contribution in [0, 0.1) is 17.8 Å². The van der Waals surface area contributed by atoms with Gasteiger partial charge < -0.3 is 0 Å². The summed E-state index contributed by atoms with van der Waals surface area (Å²) in [6.45, 7) is 16.4. The summed E-state index contributed by atoms with van der Waals surface area (Å²) in [5.41, 5.74) is 0.357. The van der Waals surface area contributed by atoms with E-state index in [1.165, 1.54) is 5.25 Å². The molecule has 0 aliphatic carbocycles. The molecule has 0 rings (SSSR count). The van der Waals surface area contributed by atoms with Gasteiger partial charge in [-0.2, -0.15) is 0 Å². The van der Waals surface area contributed by atoms with E-state index < -0.39 is 0 Å². The first kappa shape index (κ1) is 14.5. The Morgan fingerprint density at radius 1 is 0.929 bits per heavy atom. The molecule has 0 aromatic carbocycles. The molecule has 0 unspecified atom stereocenters. The van der Waals surface area contributed by atoms with Crippen molar-refractivity contribution in [1.29, 1.82) is 0 Å². The van der Waals surface area contributed by atoms with Gasteiger partial charge in [0.05, 0.1) is 0 Å². The van der Waals surface area contributed by atoms with Gasteiger partial charge in [-0.15, -0.1) is 0 Å². The van der Waals surface area contributed by atoms with E-state index in [0.29, 0.717) is 5.54 Å². The van der Waals surface area contributed by atoms with Crippen LogP contribution in [0.15, 0.2) is 0 Å². The molecule has 2 heteroatoms. The van der Waals surface area contributed by atoms with E-state index in [0.717, 1.165) is 17.8 Å². The summed E-state index contributed by atoms with van der Waals surface area (Å²) in [6, 6.07) is 0. The van der Waals surface area contributed by atoms with Crippen LogP contribution in [0.2, 0.25) is 5.25 Å². The summed E-state index contributed by atoms with van der Waals surface area (Å²) in [4.78, 5) is 0. The molecule has 0 bridgehead atoms. The van der Waals surface area contributed by atoms with Crippen LogP contribution in [0.3, 0.4) is 0 Å². The molecule has 0 spiro atoms. The Hall–Kier alpha value is 0.503. The Bertz CT molecular complexity index is 131. The van der Waals surface area contributed by atoms with E-state index in [4.69, 9.17) is 0 Å². The zero-order valence-electron chi connectivity index (χ0n) is 10.9. The van der Waals surface area contributed by atoms with Crippen molar-refractivity contribution in [2.24, 2.45) is 17.8 Å². The second kappa shape index (κ2) is 6.17. The molecule has 1 N–H and O–H groups in total. The third-order valence-electron chi connectivity index (χ3n) is 3.35. The van der Waals surface area contributed by atoms with Crippen molar-refractivity contribution >= 4 is 15.7 Å². The maximum absolute atomic E-state index is 3.91. The third-order valence-corrected chi connectivity index (χ3v) is 5.37. The van der Waals surface area contributed by atoms with E-state index >= 15 is 0 Å². The normalized spacial score (nSPS) is 13.3. The van der Waals surface area contributed by atoms with Crippen molar-refractivity contribution in [2.45, 2.75) is 59.3 Å². The molecule has 0 heterocycles. The molecule has 0 saturated heterocycles. The maximum atomic E-state index is 3.91. The van der Waals surface area contributed by atoms with Crippen LogP contribution in [-0.2, 0) is 0 Å². The number of rotatable bonds is 6. The molecule has 0 fully saturated rings. The van der Waals surface area contributed by atoms with Crippen molar-refractivity contribution in [3.63, 3.8) is 0 Å². The van der Waals surface area contributed by atoms with E-state index in [1.54, 1.807) is 0 Å². The molecule has 0 aliphatic rings. The van der Waals surface area contributed by atoms with Crippen molar-refractivity contribution in [3.8, 4) is 0 Å². The summed E-state index contributed by atoms with van der Waals surface area (Å²) in [6.07, 6.45) is 0. The third kappa shape index (κ3) is 2.99. The van der Waals surface area contributed by atoms with E-state index in [1.807, 2.05) is 0 Å². The van der Waals surface area contributed by atoms with Crippen molar-refractivity contribution < 1.29 is 0 Å². The van der Waals surface area contributed by atoms with Gasteiger partial charge in [0.2, 0.25) is 0 Å². The quantitative estimate of drug-likeness (QED) is 0.720. The second-order valence-corrected chi connectivity index (χ2v) is 7.80. The SMILES string of the molecule is C[CH2][Ge][NH]C(C(C)C)(C(C)C)C(C)C. The molecule has 0 aromatic heterocycles. The minimum atomic E-state index is 0.0586. The molecule has 0 atom stereocenters. The molecule has 1 nitrogen and oxygen atoms in total. The van der Waals surface area contributed by atoms with Gasteiger partial charge in [0.25, 0.3) is 0 Å². The Morgan fingerprint density at radius 3 is 1.50 bits per heavy atom. The van der Waals surface area contributed by atoms with Crippen LogP contribution in [0.4, 0.5) is 0 Å². The molecular weight excluding hydrogens is 231 g/mol. The predicted molar refractivity (Wildman–Crippen MR) is 66.6 cm³/mol. The average Bonchev–Trinajstić information content (AvgIpc) is 2.03. The second-order valence-electron chi connectivity index (χ2n) is 5.05. The number of nitrogens with one attached hydrogen (secondary N) is 1. The van der Waals surface area contributed by atoms with Gasteiger partial charge in [-0.25, -0.2) is 0 Å². The summed E-state index contributed by atoms with van der Waals surface area (Å²) < 4.78 is 3.91. The van der Waals surface area contributed by atoms with Crippen LogP contribution in [0.1, 0.15) is 48.5 Å². The van der Waals surface area contributed by atoms with Crippen LogP contribution < -0.4 is 4.27 Å². The molecule has 0 saturated carbocycles. The van der Waals surface area contributed by atoms with Gasteiger partial charge in [0.1, 0.15) is 0 Å². The van der Waals surface area contributed by atoms with Gasteiger partial charge in [0, 0.05) is 0 Å². The van der Waals surface area contributed by atoms with E-state index in [-0.39, 0.29) is 15.7 Å². The zero-order chi connectivity index (χ0) is 11.4. The topological polar surface area (TPSA) is 12.0 Å². The Balaban J connectivity index is 4.76. The molecule has 2 radical (unpaired) electrons. The van der Waals surface area contributed by atoms with Crippen molar-refractivity contribution in [3.05, 3.63) is 0 Å². The van der Waals surface area contributed by atoms with Gasteiger partial charge in [0.15, 0.2) is 0 Å². The molecule has 0 aliphatic heterocycles. The Labute approximate surface area is 97.1 Å². The first-order valence-electron chi connectivity index (χ1n) is 5.89. The van der Waals surface area contributed by atoms with Crippen LogP contribution in [0.5, 0.6) is 0 Å². The summed E-state index contributed by atoms with van der Waals surface area (Å²) >= 11 is 0.0586. The first-order chi connectivity index (χ1) is 6.39. The van der Waals surface area contributed by atoms with Crippen LogP contribution >= 0.6 is 0 Å². The minimum absolute atomic E-state index is 0.0586. The Morgan fingerprint density at radius 2 is 1.29 bits per heavy atom. The Kier molecular flexibility index (Phi) is 6.39. The summed E-state index contributed by atoms with van der Waals surface area (Å²) in [5, 5.41) is 1.34. The van der Waals surface area contributed by atoms with Crippen molar-refractivity contribution in [2.75, 3.05) is 0 Å². The monoisotopic (exact) mass is 259 g/mol. The molecule has 84 valence electrons.